The van der Waals surface area contributed by atoms with Gasteiger partial charge in [-0.25, -0.2) is 0 Å². The van der Waals surface area contributed by atoms with E-state index in [-0.39, 0.29) is 11.7 Å². The van der Waals surface area contributed by atoms with Gasteiger partial charge in [-0.05, 0) is 32.8 Å². The van der Waals surface area contributed by atoms with E-state index in [0.29, 0.717) is 6.42 Å². The molecule has 0 fully saturated rings. The van der Waals surface area contributed by atoms with E-state index in [9.17, 15) is 15.0 Å². The Morgan fingerprint density at radius 3 is 1.89 bits per heavy atom. The first-order valence-corrected chi connectivity index (χ1v) is 6.65. The van der Waals surface area contributed by atoms with Gasteiger partial charge in [0, 0.05) is 11.3 Å². The number of aliphatic hydroxyl groups is 2. The van der Waals surface area contributed by atoms with E-state index in [2.05, 4.69) is 0 Å². The van der Waals surface area contributed by atoms with E-state index < -0.39 is 17.6 Å². The number of Topliss-reactive ketones (excluding diaryl/α,β-unsaturated/α-hetero) is 1. The predicted octanol–water partition coefficient (Wildman–Crippen LogP) is 2.71. The van der Waals surface area contributed by atoms with Crippen LogP contribution in [0.1, 0.15) is 54.9 Å². The highest BCUT2D eigenvalue weighted by atomic mass is 16.3. The second kappa shape index (κ2) is 6.48. The number of hydrogen-bond donors (Lipinski definition) is 2. The smallest absolute Gasteiger partial charge is 0.147 e. The third-order valence-corrected chi connectivity index (χ3v) is 4.15. The fourth-order valence-corrected chi connectivity index (χ4v) is 2.10. The van der Waals surface area contributed by atoms with Crippen molar-refractivity contribution in [3.63, 3.8) is 0 Å². The molecule has 0 bridgehead atoms. The summed E-state index contributed by atoms with van der Waals surface area (Å²) < 4.78 is 0. The van der Waals surface area contributed by atoms with Crippen molar-refractivity contribution in [3.8, 4) is 0 Å². The van der Waals surface area contributed by atoms with Gasteiger partial charge in [0.15, 0.2) is 0 Å². The maximum Gasteiger partial charge on any atom is 0.147 e. The number of allylic oxidation sites excluding steroid dienone is 1. The van der Waals surface area contributed by atoms with Crippen LogP contribution in [0.3, 0.4) is 0 Å². The van der Waals surface area contributed by atoms with Gasteiger partial charge in [-0.1, -0.05) is 33.3 Å². The summed E-state index contributed by atoms with van der Waals surface area (Å²) in [5.41, 5.74) is 0.970. The highest BCUT2D eigenvalue weighted by Gasteiger charge is 2.37. The molecule has 0 rings (SSSR count). The number of carbonyl (C=O) groups excluding carboxylic acids is 1. The number of hydrogen-bond acceptors (Lipinski definition) is 3. The second-order valence-corrected chi connectivity index (χ2v) is 5.77. The average molecular weight is 256 g/mol. The van der Waals surface area contributed by atoms with Gasteiger partial charge in [-0.2, -0.15) is 0 Å². The minimum Gasteiger partial charge on any atom is -0.392 e. The normalized spacial score (nSPS) is 18.9. The molecule has 0 saturated heterocycles. The quantitative estimate of drug-likeness (QED) is 0.718. The minimum atomic E-state index is -0.756. The van der Waals surface area contributed by atoms with Crippen molar-refractivity contribution in [3.05, 3.63) is 11.1 Å². The Morgan fingerprint density at radius 2 is 1.56 bits per heavy atom. The molecule has 0 aliphatic carbocycles. The molecule has 106 valence electrons. The Morgan fingerprint density at radius 1 is 1.11 bits per heavy atom. The second-order valence-electron chi connectivity index (χ2n) is 5.77. The number of aliphatic hydroxyl groups excluding tert-OH is 2. The molecule has 0 aromatic rings. The molecule has 18 heavy (non-hydrogen) atoms. The first-order chi connectivity index (χ1) is 8.07. The Hall–Kier alpha value is -0.670. The van der Waals surface area contributed by atoms with Gasteiger partial charge in [0.25, 0.3) is 0 Å². The highest BCUT2D eigenvalue weighted by molar-refractivity contribution is 5.89. The van der Waals surface area contributed by atoms with Crippen molar-refractivity contribution in [2.24, 2.45) is 11.3 Å². The van der Waals surface area contributed by atoms with Gasteiger partial charge in [0.2, 0.25) is 0 Å². The van der Waals surface area contributed by atoms with E-state index in [1.165, 1.54) is 0 Å². The highest BCUT2D eigenvalue weighted by Crippen LogP contribution is 2.31. The molecule has 3 atom stereocenters. The molecule has 0 aromatic heterocycles. The van der Waals surface area contributed by atoms with Gasteiger partial charge >= 0.3 is 0 Å². The van der Waals surface area contributed by atoms with Crippen molar-refractivity contribution in [1.29, 1.82) is 0 Å². The monoisotopic (exact) mass is 256 g/mol. The Balaban J connectivity index is 5.19. The first-order valence-electron chi connectivity index (χ1n) is 6.65. The van der Waals surface area contributed by atoms with Gasteiger partial charge in [-0.15, -0.1) is 0 Å². The molecule has 0 spiro atoms. The van der Waals surface area contributed by atoms with Crippen LogP contribution in [0.5, 0.6) is 0 Å². The summed E-state index contributed by atoms with van der Waals surface area (Å²) in [6.45, 7) is 12.7. The van der Waals surface area contributed by atoms with Gasteiger partial charge in [0.1, 0.15) is 5.78 Å². The lowest BCUT2D eigenvalue weighted by Gasteiger charge is -2.32. The molecule has 0 aliphatic rings. The zero-order valence-corrected chi connectivity index (χ0v) is 12.7. The molecule has 2 N–H and O–H groups in total. The van der Waals surface area contributed by atoms with Crippen LogP contribution in [0.4, 0.5) is 0 Å². The van der Waals surface area contributed by atoms with E-state index >= 15 is 0 Å². The summed E-state index contributed by atoms with van der Waals surface area (Å²) in [4.78, 5) is 12.5. The van der Waals surface area contributed by atoms with Gasteiger partial charge < -0.3 is 10.2 Å². The van der Waals surface area contributed by atoms with Crippen LogP contribution in [0.2, 0.25) is 0 Å². The van der Waals surface area contributed by atoms with Crippen molar-refractivity contribution in [1.82, 2.24) is 0 Å². The molecule has 0 radical (unpaired) electrons. The number of carbonyl (C=O) groups is 1. The molecule has 0 amide bonds. The van der Waals surface area contributed by atoms with Gasteiger partial charge in [0.05, 0.1) is 12.2 Å². The Bertz CT molecular complexity index is 327. The lowest BCUT2D eigenvalue weighted by Crippen LogP contribution is -2.40. The molecule has 3 nitrogen and oxygen atoms in total. The van der Waals surface area contributed by atoms with Crippen LogP contribution < -0.4 is 0 Å². The lowest BCUT2D eigenvalue weighted by atomic mass is 9.74. The summed E-state index contributed by atoms with van der Waals surface area (Å²) >= 11 is 0. The fourth-order valence-electron chi connectivity index (χ4n) is 2.10. The van der Waals surface area contributed by atoms with Crippen molar-refractivity contribution < 1.29 is 15.0 Å². The zero-order chi connectivity index (χ0) is 14.7. The zero-order valence-electron chi connectivity index (χ0n) is 12.7. The topological polar surface area (TPSA) is 57.5 Å². The molecule has 0 saturated carbocycles. The molecule has 0 aliphatic heterocycles. The molecule has 0 unspecified atom stereocenters. The maximum absolute atomic E-state index is 12.5. The molecular weight excluding hydrogens is 228 g/mol. The minimum absolute atomic E-state index is 0.0225. The Kier molecular flexibility index (Phi) is 6.24. The molecule has 0 heterocycles. The predicted molar refractivity (Wildman–Crippen MR) is 74.3 cm³/mol. The first kappa shape index (κ1) is 17.3. The maximum atomic E-state index is 12.5. The van der Waals surface area contributed by atoms with Crippen molar-refractivity contribution >= 4 is 5.78 Å². The molecule has 3 heteroatoms. The third kappa shape index (κ3) is 3.66. The molecular formula is C15H28O3. The van der Waals surface area contributed by atoms with Crippen LogP contribution in [0.15, 0.2) is 11.1 Å². The van der Waals surface area contributed by atoms with Crippen LogP contribution in [0, 0.1) is 11.3 Å². The van der Waals surface area contributed by atoms with Crippen LogP contribution in [0.25, 0.3) is 0 Å². The van der Waals surface area contributed by atoms with E-state index in [1.54, 1.807) is 20.8 Å². The third-order valence-electron chi connectivity index (χ3n) is 4.15. The number of ketones is 1. The molecule has 0 aromatic carbocycles. The van der Waals surface area contributed by atoms with E-state index in [4.69, 9.17) is 0 Å². The van der Waals surface area contributed by atoms with Crippen molar-refractivity contribution in [2.45, 2.75) is 67.1 Å². The summed E-state index contributed by atoms with van der Waals surface area (Å²) in [5.74, 6) is -0.259. The summed E-state index contributed by atoms with van der Waals surface area (Å²) in [6, 6.07) is 0. The Labute approximate surface area is 111 Å². The van der Waals surface area contributed by atoms with E-state index in [0.717, 1.165) is 11.1 Å². The SMILES string of the molecule is CC[C@H](O)C(C)(C)C(=O)[C@H](C)/C(C)=C(\C)[C@H](C)O. The summed E-state index contributed by atoms with van der Waals surface area (Å²) in [6.07, 6.45) is -0.615. The fraction of sp³-hybridized carbons (Fsp3) is 0.800. The van der Waals surface area contributed by atoms with Crippen molar-refractivity contribution in [2.75, 3.05) is 0 Å². The van der Waals surface area contributed by atoms with Crippen LogP contribution >= 0.6 is 0 Å². The van der Waals surface area contributed by atoms with Crippen LogP contribution in [-0.4, -0.2) is 28.2 Å². The average Bonchev–Trinajstić information content (AvgIpc) is 2.33. The summed E-state index contributed by atoms with van der Waals surface area (Å²) in [7, 11) is 0. The lowest BCUT2D eigenvalue weighted by molar-refractivity contribution is -0.135. The standard InChI is InChI=1S/C15H28O3/c1-8-13(17)15(6,7)14(18)11(4)9(2)10(3)12(5)16/h11-13,16-17H,8H2,1-7H3/b10-9+/t11-,12+,13+/m1/s1. The van der Waals surface area contributed by atoms with Crippen LogP contribution in [-0.2, 0) is 4.79 Å². The van der Waals surface area contributed by atoms with E-state index in [1.807, 2.05) is 27.7 Å². The summed E-state index contributed by atoms with van der Waals surface area (Å²) in [5, 5.41) is 19.5. The number of rotatable bonds is 6. The largest absolute Gasteiger partial charge is 0.392 e. The van der Waals surface area contributed by atoms with Gasteiger partial charge in [-0.3, -0.25) is 4.79 Å².